The highest BCUT2D eigenvalue weighted by Crippen LogP contribution is 2.32. The predicted molar refractivity (Wildman–Crippen MR) is 66.5 cm³/mol. The summed E-state index contributed by atoms with van der Waals surface area (Å²) in [5.74, 6) is 0.631. The van der Waals surface area contributed by atoms with Crippen LogP contribution >= 0.6 is 0 Å². The second-order valence-corrected chi connectivity index (χ2v) is 5.25. The first kappa shape index (κ1) is 14.2. The maximum absolute atomic E-state index is 8.42. The molecule has 15 heavy (non-hydrogen) atoms. The van der Waals surface area contributed by atoms with Gasteiger partial charge < -0.3 is 5.21 Å². The minimum absolute atomic E-state index is 0.210. The van der Waals surface area contributed by atoms with Gasteiger partial charge in [-0.15, -0.1) is 5.16 Å². The summed E-state index contributed by atoms with van der Waals surface area (Å²) in [6, 6.07) is 0. The standard InChI is InChI=1S/C13H25NO/c1-11(2)7-6-8-12(3)13(4,5)9-10-14-15/h7,10,12,15H,6,8-9H2,1-5H3/b14-10-. The van der Waals surface area contributed by atoms with Crippen LogP contribution in [0.3, 0.4) is 0 Å². The Labute approximate surface area is 94.1 Å². The van der Waals surface area contributed by atoms with Gasteiger partial charge in [0.05, 0.1) is 0 Å². The Morgan fingerprint density at radius 1 is 1.40 bits per heavy atom. The molecule has 1 unspecified atom stereocenters. The molecule has 0 saturated carbocycles. The summed E-state index contributed by atoms with van der Waals surface area (Å²) in [5.41, 5.74) is 1.60. The van der Waals surface area contributed by atoms with Gasteiger partial charge in [-0.3, -0.25) is 0 Å². The van der Waals surface area contributed by atoms with E-state index in [9.17, 15) is 0 Å². The lowest BCUT2D eigenvalue weighted by molar-refractivity contribution is 0.227. The van der Waals surface area contributed by atoms with E-state index in [2.05, 4.69) is 45.9 Å². The van der Waals surface area contributed by atoms with Gasteiger partial charge in [0.25, 0.3) is 0 Å². The van der Waals surface area contributed by atoms with Crippen LogP contribution in [0, 0.1) is 11.3 Å². The zero-order valence-corrected chi connectivity index (χ0v) is 10.7. The Hall–Kier alpha value is -0.790. The Morgan fingerprint density at radius 2 is 2.00 bits per heavy atom. The van der Waals surface area contributed by atoms with Crippen molar-refractivity contribution in [3.8, 4) is 0 Å². The molecule has 2 heteroatoms. The van der Waals surface area contributed by atoms with Crippen molar-refractivity contribution in [2.24, 2.45) is 16.5 Å². The third-order valence-electron chi connectivity index (χ3n) is 3.19. The molecule has 1 atom stereocenters. The molecule has 0 aliphatic rings. The van der Waals surface area contributed by atoms with E-state index >= 15 is 0 Å². The van der Waals surface area contributed by atoms with Gasteiger partial charge in [-0.1, -0.05) is 32.4 Å². The Morgan fingerprint density at radius 3 is 2.47 bits per heavy atom. The molecule has 88 valence electrons. The highest BCUT2D eigenvalue weighted by atomic mass is 16.4. The van der Waals surface area contributed by atoms with Crippen molar-refractivity contribution in [1.29, 1.82) is 0 Å². The van der Waals surface area contributed by atoms with Crippen molar-refractivity contribution in [2.45, 2.75) is 53.9 Å². The fourth-order valence-corrected chi connectivity index (χ4v) is 1.49. The van der Waals surface area contributed by atoms with E-state index in [-0.39, 0.29) is 5.41 Å². The van der Waals surface area contributed by atoms with Crippen LogP contribution in [-0.4, -0.2) is 11.4 Å². The number of hydrogen-bond acceptors (Lipinski definition) is 2. The number of hydrogen-bond donors (Lipinski definition) is 1. The predicted octanol–water partition coefficient (Wildman–Crippen LogP) is 4.25. The third kappa shape index (κ3) is 6.32. The second kappa shape index (κ2) is 6.65. The third-order valence-corrected chi connectivity index (χ3v) is 3.19. The van der Waals surface area contributed by atoms with E-state index in [4.69, 9.17) is 5.21 Å². The van der Waals surface area contributed by atoms with Gasteiger partial charge in [0.15, 0.2) is 0 Å². The molecule has 0 aromatic rings. The van der Waals surface area contributed by atoms with Gasteiger partial charge in [-0.05, 0) is 44.4 Å². The largest absolute Gasteiger partial charge is 0.411 e. The zero-order chi connectivity index (χ0) is 11.9. The average Bonchev–Trinajstić information content (AvgIpc) is 2.14. The summed E-state index contributed by atoms with van der Waals surface area (Å²) >= 11 is 0. The fraction of sp³-hybridized carbons (Fsp3) is 0.769. The van der Waals surface area contributed by atoms with Crippen LogP contribution in [0.15, 0.2) is 16.8 Å². The van der Waals surface area contributed by atoms with Crippen molar-refractivity contribution < 1.29 is 5.21 Å². The molecular formula is C13H25NO. The van der Waals surface area contributed by atoms with Gasteiger partial charge >= 0.3 is 0 Å². The lowest BCUT2D eigenvalue weighted by Gasteiger charge is -2.30. The quantitative estimate of drug-likeness (QED) is 0.303. The minimum atomic E-state index is 0.210. The van der Waals surface area contributed by atoms with E-state index in [1.807, 2.05) is 0 Å². The molecule has 2 nitrogen and oxygen atoms in total. The topological polar surface area (TPSA) is 32.6 Å². The van der Waals surface area contributed by atoms with Crippen LogP contribution in [0.5, 0.6) is 0 Å². The summed E-state index contributed by atoms with van der Waals surface area (Å²) in [7, 11) is 0. The van der Waals surface area contributed by atoms with Gasteiger partial charge in [0.2, 0.25) is 0 Å². The van der Waals surface area contributed by atoms with Crippen LogP contribution in [0.4, 0.5) is 0 Å². The fourth-order valence-electron chi connectivity index (χ4n) is 1.49. The molecule has 0 rings (SSSR count). The molecule has 0 radical (unpaired) electrons. The van der Waals surface area contributed by atoms with Gasteiger partial charge in [-0.2, -0.15) is 0 Å². The second-order valence-electron chi connectivity index (χ2n) is 5.25. The molecular weight excluding hydrogens is 186 g/mol. The molecule has 0 bridgehead atoms. The molecule has 0 saturated heterocycles. The maximum Gasteiger partial charge on any atom is 0.0441 e. The van der Waals surface area contributed by atoms with Gasteiger partial charge in [0, 0.05) is 6.21 Å². The number of oxime groups is 1. The summed E-state index contributed by atoms with van der Waals surface area (Å²) in [6.45, 7) is 11.0. The smallest absolute Gasteiger partial charge is 0.0441 e. The number of allylic oxidation sites excluding steroid dienone is 2. The normalized spacial score (nSPS) is 14.2. The van der Waals surface area contributed by atoms with E-state index in [0.29, 0.717) is 5.92 Å². The summed E-state index contributed by atoms with van der Waals surface area (Å²) in [6.07, 6.45) is 7.05. The van der Waals surface area contributed by atoms with Crippen LogP contribution in [0.1, 0.15) is 53.9 Å². The van der Waals surface area contributed by atoms with Crippen LogP contribution in [-0.2, 0) is 0 Å². The minimum Gasteiger partial charge on any atom is -0.411 e. The van der Waals surface area contributed by atoms with Crippen molar-refractivity contribution in [3.63, 3.8) is 0 Å². The lowest BCUT2D eigenvalue weighted by atomic mass is 9.75. The van der Waals surface area contributed by atoms with Crippen LogP contribution in [0.2, 0.25) is 0 Å². The van der Waals surface area contributed by atoms with Crippen molar-refractivity contribution in [3.05, 3.63) is 11.6 Å². The SMILES string of the molecule is CC(C)=CCCC(C)C(C)(C)C/C=N\O. The van der Waals surface area contributed by atoms with Crippen LogP contribution < -0.4 is 0 Å². The zero-order valence-electron chi connectivity index (χ0n) is 10.7. The van der Waals surface area contributed by atoms with E-state index in [1.54, 1.807) is 6.21 Å². The van der Waals surface area contributed by atoms with Crippen molar-refractivity contribution >= 4 is 6.21 Å². The first-order valence-electron chi connectivity index (χ1n) is 5.69. The number of rotatable bonds is 6. The molecule has 0 heterocycles. The van der Waals surface area contributed by atoms with E-state index in [0.717, 1.165) is 12.8 Å². The highest BCUT2D eigenvalue weighted by Gasteiger charge is 2.24. The molecule has 0 aliphatic heterocycles. The molecule has 1 N–H and O–H groups in total. The summed E-state index contributed by atoms with van der Waals surface area (Å²) < 4.78 is 0. The van der Waals surface area contributed by atoms with Crippen molar-refractivity contribution in [1.82, 2.24) is 0 Å². The Kier molecular flexibility index (Phi) is 6.30. The van der Waals surface area contributed by atoms with Crippen molar-refractivity contribution in [2.75, 3.05) is 0 Å². The van der Waals surface area contributed by atoms with E-state index in [1.165, 1.54) is 12.0 Å². The van der Waals surface area contributed by atoms with Crippen LogP contribution in [0.25, 0.3) is 0 Å². The lowest BCUT2D eigenvalue weighted by Crippen LogP contribution is -2.22. The molecule has 0 aliphatic carbocycles. The number of nitrogens with zero attached hydrogens (tertiary/aromatic N) is 1. The highest BCUT2D eigenvalue weighted by molar-refractivity contribution is 5.57. The summed E-state index contributed by atoms with van der Waals surface area (Å²) in [4.78, 5) is 0. The molecule has 0 spiro atoms. The Bertz CT molecular complexity index is 225. The Balaban J connectivity index is 4.06. The first-order valence-corrected chi connectivity index (χ1v) is 5.69. The summed E-state index contributed by atoms with van der Waals surface area (Å²) in [5, 5.41) is 11.5. The van der Waals surface area contributed by atoms with Gasteiger partial charge in [0.1, 0.15) is 0 Å². The average molecular weight is 211 g/mol. The molecule has 0 aromatic carbocycles. The monoisotopic (exact) mass is 211 g/mol. The molecule has 0 fully saturated rings. The van der Waals surface area contributed by atoms with E-state index < -0.39 is 0 Å². The first-order chi connectivity index (χ1) is 6.90. The van der Waals surface area contributed by atoms with Gasteiger partial charge in [-0.25, -0.2) is 0 Å². The molecule has 0 amide bonds. The maximum atomic E-state index is 8.42. The molecule has 0 aromatic heterocycles.